The van der Waals surface area contributed by atoms with Crippen LogP contribution in [0.3, 0.4) is 0 Å². The van der Waals surface area contributed by atoms with Crippen LogP contribution in [-0.4, -0.2) is 0 Å². The normalized spacial score (nSPS) is 13.1. The quantitative estimate of drug-likeness (QED) is 0.167. The highest BCUT2D eigenvalue weighted by Crippen LogP contribution is 2.54. The summed E-state index contributed by atoms with van der Waals surface area (Å²) in [5, 5.41) is 7.74. The summed E-state index contributed by atoms with van der Waals surface area (Å²) in [6.45, 7) is 4.81. The van der Waals surface area contributed by atoms with Gasteiger partial charge in [-0.25, -0.2) is 0 Å². The molecule has 0 heterocycles. The molecular weight excluding hydrogens is 613 g/mol. The molecule has 0 unspecified atom stereocenters. The molecule has 240 valence electrons. The van der Waals surface area contributed by atoms with Crippen LogP contribution in [0.15, 0.2) is 182 Å². The van der Waals surface area contributed by atoms with E-state index in [4.69, 9.17) is 0 Å². The van der Waals surface area contributed by atoms with Gasteiger partial charge in [0.1, 0.15) is 0 Å². The van der Waals surface area contributed by atoms with Crippen molar-refractivity contribution in [1.29, 1.82) is 0 Å². The minimum atomic E-state index is -0.144. The molecular formula is C51H36. The Bertz CT molecular complexity index is 2740. The van der Waals surface area contributed by atoms with Gasteiger partial charge in [0.25, 0.3) is 0 Å². The van der Waals surface area contributed by atoms with Gasteiger partial charge in [-0.15, -0.1) is 0 Å². The summed E-state index contributed by atoms with van der Waals surface area (Å²) < 4.78 is 0. The van der Waals surface area contributed by atoms with Gasteiger partial charge >= 0.3 is 0 Å². The van der Waals surface area contributed by atoms with E-state index < -0.39 is 0 Å². The Morgan fingerprint density at radius 1 is 0.294 bits per heavy atom. The Morgan fingerprint density at radius 2 is 0.765 bits per heavy atom. The molecule has 0 saturated heterocycles. The molecule has 0 atom stereocenters. The van der Waals surface area contributed by atoms with Gasteiger partial charge < -0.3 is 0 Å². The van der Waals surface area contributed by atoms with E-state index >= 15 is 0 Å². The maximum atomic E-state index is 2.43. The second-order valence-corrected chi connectivity index (χ2v) is 14.4. The van der Waals surface area contributed by atoms with Crippen molar-refractivity contribution in [3.63, 3.8) is 0 Å². The van der Waals surface area contributed by atoms with Crippen LogP contribution in [0.2, 0.25) is 0 Å². The third-order valence-electron chi connectivity index (χ3n) is 11.2. The molecule has 10 rings (SSSR count). The highest BCUT2D eigenvalue weighted by molar-refractivity contribution is 6.21. The molecule has 1 aliphatic carbocycles. The van der Waals surface area contributed by atoms with Gasteiger partial charge in [0.15, 0.2) is 0 Å². The maximum Gasteiger partial charge on any atom is 0.0171 e. The van der Waals surface area contributed by atoms with E-state index in [1.807, 2.05) is 0 Å². The van der Waals surface area contributed by atoms with Crippen LogP contribution in [0, 0.1) is 0 Å². The van der Waals surface area contributed by atoms with Crippen LogP contribution >= 0.6 is 0 Å². The molecule has 0 fully saturated rings. The number of benzene rings is 9. The van der Waals surface area contributed by atoms with E-state index in [1.165, 1.54) is 99.1 Å². The molecule has 0 bridgehead atoms. The largest absolute Gasteiger partial charge is 0.0622 e. The van der Waals surface area contributed by atoms with Gasteiger partial charge in [-0.1, -0.05) is 190 Å². The Morgan fingerprint density at radius 3 is 1.45 bits per heavy atom. The Hall–Kier alpha value is -6.24. The van der Waals surface area contributed by atoms with Crippen LogP contribution in [0.4, 0.5) is 0 Å². The van der Waals surface area contributed by atoms with Crippen molar-refractivity contribution in [2.75, 3.05) is 0 Å². The zero-order valence-electron chi connectivity index (χ0n) is 28.8. The zero-order chi connectivity index (χ0) is 34.1. The number of rotatable bonds is 4. The monoisotopic (exact) mass is 648 g/mol. The predicted octanol–water partition coefficient (Wildman–Crippen LogP) is 14.1. The molecule has 0 spiro atoms. The molecule has 0 N–H and O–H groups in total. The van der Waals surface area contributed by atoms with Crippen molar-refractivity contribution >= 4 is 32.3 Å². The minimum Gasteiger partial charge on any atom is -0.0622 e. The SMILES string of the molecule is CC1(C)c2c(-c3cccc(-c4c5ccccc5c(-c5ccc(-c6ccccc6)cc5)c5ccccc45)c3)cccc2-c2ccc3ccccc3c21. The number of hydrogen-bond donors (Lipinski definition) is 0. The molecule has 9 aromatic rings. The van der Waals surface area contributed by atoms with Crippen molar-refractivity contribution in [2.24, 2.45) is 0 Å². The zero-order valence-corrected chi connectivity index (χ0v) is 28.8. The molecule has 0 amide bonds. The van der Waals surface area contributed by atoms with E-state index in [-0.39, 0.29) is 5.41 Å². The van der Waals surface area contributed by atoms with Gasteiger partial charge in [0.2, 0.25) is 0 Å². The van der Waals surface area contributed by atoms with E-state index in [1.54, 1.807) is 0 Å². The lowest BCUT2D eigenvalue weighted by molar-refractivity contribution is 0.668. The van der Waals surface area contributed by atoms with Crippen LogP contribution < -0.4 is 0 Å². The fraction of sp³-hybridized carbons (Fsp3) is 0.0588. The smallest absolute Gasteiger partial charge is 0.0171 e. The van der Waals surface area contributed by atoms with E-state index in [0.717, 1.165) is 0 Å². The first kappa shape index (κ1) is 29.7. The second kappa shape index (κ2) is 11.4. The van der Waals surface area contributed by atoms with E-state index in [9.17, 15) is 0 Å². The first-order chi connectivity index (χ1) is 25.1. The summed E-state index contributed by atoms with van der Waals surface area (Å²) in [5.41, 5.74) is 15.5. The molecule has 0 aromatic heterocycles. The first-order valence-electron chi connectivity index (χ1n) is 17.9. The van der Waals surface area contributed by atoms with E-state index in [2.05, 4.69) is 196 Å². The Labute approximate surface area is 299 Å². The molecule has 51 heavy (non-hydrogen) atoms. The molecule has 0 saturated carbocycles. The maximum absolute atomic E-state index is 2.43. The third-order valence-corrected chi connectivity index (χ3v) is 11.2. The fourth-order valence-corrected chi connectivity index (χ4v) is 9.04. The van der Waals surface area contributed by atoms with Gasteiger partial charge in [-0.3, -0.25) is 0 Å². The summed E-state index contributed by atoms with van der Waals surface area (Å²) in [6, 6.07) is 67.2. The summed E-state index contributed by atoms with van der Waals surface area (Å²) in [6.07, 6.45) is 0. The van der Waals surface area contributed by atoms with Gasteiger partial charge in [-0.05, 0) is 105 Å². The Balaban J connectivity index is 1.16. The fourth-order valence-electron chi connectivity index (χ4n) is 9.04. The standard InChI is InChI=1S/C51H36/c1-51(2)49-39-19-7-6-16-35(39)30-31-46(49)45-25-13-24-40(50(45)51)37-17-12-18-38(32-37)48-43-22-10-8-20-41(43)47(42-21-9-11-23-44(42)48)36-28-26-34(27-29-36)33-14-4-3-5-15-33/h3-32H,1-2H3. The lowest BCUT2D eigenvalue weighted by Crippen LogP contribution is -2.16. The Kier molecular flexibility index (Phi) is 6.63. The lowest BCUT2D eigenvalue weighted by Gasteiger charge is -2.26. The second-order valence-electron chi connectivity index (χ2n) is 14.4. The average molecular weight is 649 g/mol. The highest BCUT2D eigenvalue weighted by Gasteiger charge is 2.38. The van der Waals surface area contributed by atoms with Crippen molar-refractivity contribution in [2.45, 2.75) is 19.3 Å². The van der Waals surface area contributed by atoms with Crippen LogP contribution in [0.5, 0.6) is 0 Å². The summed E-state index contributed by atoms with van der Waals surface area (Å²) in [7, 11) is 0. The van der Waals surface area contributed by atoms with Gasteiger partial charge in [0, 0.05) is 5.41 Å². The average Bonchev–Trinajstić information content (AvgIpc) is 3.43. The summed E-state index contributed by atoms with van der Waals surface area (Å²) in [5.74, 6) is 0. The number of fused-ring (bicyclic) bond motifs is 7. The molecule has 1 aliphatic rings. The first-order valence-corrected chi connectivity index (χ1v) is 17.9. The van der Waals surface area contributed by atoms with E-state index in [0.29, 0.717) is 0 Å². The van der Waals surface area contributed by atoms with Crippen molar-refractivity contribution in [1.82, 2.24) is 0 Å². The lowest BCUT2D eigenvalue weighted by atomic mass is 9.77. The van der Waals surface area contributed by atoms with Gasteiger partial charge in [0.05, 0.1) is 0 Å². The minimum absolute atomic E-state index is 0.144. The van der Waals surface area contributed by atoms with Crippen LogP contribution in [0.1, 0.15) is 25.0 Å². The molecule has 0 aliphatic heterocycles. The van der Waals surface area contributed by atoms with Crippen LogP contribution in [-0.2, 0) is 5.41 Å². The molecule has 9 aromatic carbocycles. The van der Waals surface area contributed by atoms with Crippen molar-refractivity contribution in [3.8, 4) is 55.6 Å². The topological polar surface area (TPSA) is 0 Å². The third kappa shape index (κ3) is 4.53. The predicted molar refractivity (Wildman–Crippen MR) is 218 cm³/mol. The highest BCUT2D eigenvalue weighted by atomic mass is 14.4. The molecule has 0 heteroatoms. The summed E-state index contributed by atoms with van der Waals surface area (Å²) >= 11 is 0. The van der Waals surface area contributed by atoms with Gasteiger partial charge in [-0.2, -0.15) is 0 Å². The van der Waals surface area contributed by atoms with Crippen molar-refractivity contribution < 1.29 is 0 Å². The van der Waals surface area contributed by atoms with Crippen molar-refractivity contribution in [3.05, 3.63) is 193 Å². The molecule has 0 nitrogen and oxygen atoms in total. The number of hydrogen-bond acceptors (Lipinski definition) is 0. The molecule has 0 radical (unpaired) electrons. The van der Waals surface area contributed by atoms with Crippen LogP contribution in [0.25, 0.3) is 88.0 Å². The summed E-state index contributed by atoms with van der Waals surface area (Å²) in [4.78, 5) is 0.